The molecular weight excluding hydrogens is 356 g/mol. The first-order chi connectivity index (χ1) is 13.4. The smallest absolute Gasteiger partial charge is 0.248 e. The molecule has 0 radical (unpaired) electrons. The number of carbonyl (C=O) groups excluding carboxylic acids is 1. The molecule has 0 unspecified atom stereocenters. The Labute approximate surface area is 166 Å². The van der Waals surface area contributed by atoms with E-state index in [0.29, 0.717) is 23.3 Å². The van der Waals surface area contributed by atoms with Crippen LogP contribution in [0.4, 0.5) is 11.4 Å². The largest absolute Gasteiger partial charge is 0.493 e. The average molecular weight is 384 g/mol. The molecule has 1 N–H and O–H groups in total. The second kappa shape index (κ2) is 9.69. The molecule has 28 heavy (non-hydrogen) atoms. The first-order valence-corrected chi connectivity index (χ1v) is 9.01. The molecule has 0 bridgehead atoms. The van der Waals surface area contributed by atoms with Crippen LogP contribution in [0.3, 0.4) is 0 Å². The van der Waals surface area contributed by atoms with Crippen LogP contribution in [0.15, 0.2) is 42.5 Å². The minimum absolute atomic E-state index is 0.224. The number of amides is 1. The van der Waals surface area contributed by atoms with Gasteiger partial charge in [-0.1, -0.05) is 6.07 Å². The van der Waals surface area contributed by atoms with Crippen molar-refractivity contribution in [2.75, 3.05) is 38.6 Å². The third-order valence-corrected chi connectivity index (χ3v) is 4.41. The van der Waals surface area contributed by atoms with E-state index in [1.165, 1.54) is 6.08 Å². The van der Waals surface area contributed by atoms with Crippen LogP contribution in [0.5, 0.6) is 17.2 Å². The van der Waals surface area contributed by atoms with Crippen LogP contribution in [0.25, 0.3) is 6.08 Å². The summed E-state index contributed by atoms with van der Waals surface area (Å²) in [7, 11) is 6.68. The second-order valence-electron chi connectivity index (χ2n) is 6.54. The summed E-state index contributed by atoms with van der Waals surface area (Å²) in [4.78, 5) is 14.5. The van der Waals surface area contributed by atoms with Gasteiger partial charge in [0.25, 0.3) is 0 Å². The Balaban J connectivity index is 2.15. The maximum Gasteiger partial charge on any atom is 0.248 e. The lowest BCUT2D eigenvalue weighted by atomic mass is 10.1. The number of carbonyl (C=O) groups is 1. The van der Waals surface area contributed by atoms with Crippen LogP contribution in [0, 0.1) is 0 Å². The van der Waals surface area contributed by atoms with Gasteiger partial charge in [0.15, 0.2) is 11.5 Å². The molecule has 6 nitrogen and oxygen atoms in total. The summed E-state index contributed by atoms with van der Waals surface area (Å²) in [5, 5.41) is 2.89. The molecular formula is C22H28N2O4. The van der Waals surface area contributed by atoms with Crippen LogP contribution in [-0.4, -0.2) is 40.3 Å². The Morgan fingerprint density at radius 3 is 2.21 bits per heavy atom. The minimum Gasteiger partial charge on any atom is -0.493 e. The zero-order chi connectivity index (χ0) is 20.7. The number of ether oxygens (including phenoxy) is 3. The summed E-state index contributed by atoms with van der Waals surface area (Å²) in [5.74, 6) is 1.36. The molecule has 150 valence electrons. The van der Waals surface area contributed by atoms with Crippen molar-refractivity contribution in [3.8, 4) is 17.2 Å². The lowest BCUT2D eigenvalue weighted by molar-refractivity contribution is -0.111. The number of rotatable bonds is 8. The molecule has 0 fully saturated rings. The highest BCUT2D eigenvalue weighted by atomic mass is 16.5. The Kier molecular flexibility index (Phi) is 7.32. The average Bonchev–Trinajstić information content (AvgIpc) is 2.70. The predicted molar refractivity (Wildman–Crippen MR) is 114 cm³/mol. The molecule has 0 saturated heterocycles. The van der Waals surface area contributed by atoms with Gasteiger partial charge in [0.1, 0.15) is 0 Å². The van der Waals surface area contributed by atoms with E-state index in [2.05, 4.69) is 24.1 Å². The lowest BCUT2D eigenvalue weighted by Gasteiger charge is -2.24. The molecule has 0 aliphatic carbocycles. The third kappa shape index (κ3) is 5.19. The molecule has 0 heterocycles. The zero-order valence-electron chi connectivity index (χ0n) is 17.3. The van der Waals surface area contributed by atoms with Crippen LogP contribution in [-0.2, 0) is 4.79 Å². The normalized spacial score (nSPS) is 10.8. The van der Waals surface area contributed by atoms with Crippen molar-refractivity contribution in [2.45, 2.75) is 19.9 Å². The van der Waals surface area contributed by atoms with Gasteiger partial charge in [-0.3, -0.25) is 4.79 Å². The van der Waals surface area contributed by atoms with E-state index >= 15 is 0 Å². The number of benzene rings is 2. The Morgan fingerprint density at radius 2 is 1.68 bits per heavy atom. The third-order valence-electron chi connectivity index (χ3n) is 4.41. The first kappa shape index (κ1) is 21.2. The fourth-order valence-corrected chi connectivity index (χ4v) is 2.65. The topological polar surface area (TPSA) is 60.0 Å². The van der Waals surface area contributed by atoms with Gasteiger partial charge in [-0.05, 0) is 55.8 Å². The number of hydrogen-bond acceptors (Lipinski definition) is 5. The lowest BCUT2D eigenvalue weighted by Crippen LogP contribution is -2.25. The van der Waals surface area contributed by atoms with Gasteiger partial charge in [0.05, 0.1) is 21.3 Å². The molecule has 2 aromatic carbocycles. The number of hydrogen-bond donors (Lipinski definition) is 1. The maximum atomic E-state index is 12.3. The summed E-state index contributed by atoms with van der Waals surface area (Å²) in [5.41, 5.74) is 2.55. The fraction of sp³-hybridized carbons (Fsp3) is 0.318. The summed E-state index contributed by atoms with van der Waals surface area (Å²) in [6, 6.07) is 11.7. The van der Waals surface area contributed by atoms with Crippen molar-refractivity contribution < 1.29 is 19.0 Å². The van der Waals surface area contributed by atoms with Crippen LogP contribution < -0.4 is 24.4 Å². The highest BCUT2D eigenvalue weighted by Crippen LogP contribution is 2.38. The van der Waals surface area contributed by atoms with Crippen molar-refractivity contribution in [3.63, 3.8) is 0 Å². The van der Waals surface area contributed by atoms with E-state index in [4.69, 9.17) is 14.2 Å². The molecule has 0 saturated carbocycles. The van der Waals surface area contributed by atoms with E-state index in [-0.39, 0.29) is 5.91 Å². The quantitative estimate of drug-likeness (QED) is 0.691. The van der Waals surface area contributed by atoms with Crippen molar-refractivity contribution in [1.82, 2.24) is 0 Å². The number of methoxy groups -OCH3 is 3. The van der Waals surface area contributed by atoms with Crippen molar-refractivity contribution in [2.24, 2.45) is 0 Å². The fourth-order valence-electron chi connectivity index (χ4n) is 2.65. The highest BCUT2D eigenvalue weighted by Gasteiger charge is 2.12. The molecule has 0 atom stereocenters. The van der Waals surface area contributed by atoms with Crippen molar-refractivity contribution >= 4 is 23.4 Å². The first-order valence-electron chi connectivity index (χ1n) is 9.01. The number of nitrogens with zero attached hydrogens (tertiary/aromatic N) is 1. The molecule has 0 spiro atoms. The number of nitrogens with one attached hydrogen (secondary N) is 1. The summed E-state index contributed by atoms with van der Waals surface area (Å²) in [6.07, 6.45) is 3.17. The summed E-state index contributed by atoms with van der Waals surface area (Å²) >= 11 is 0. The maximum absolute atomic E-state index is 12.3. The standard InChI is InChI=1S/C22H28N2O4/c1-15(2)24(3)18-9-7-8-17(14-18)23-21(25)11-10-16-12-19(26-4)22(28-6)20(13-16)27-5/h7-15H,1-6H3,(H,23,25)/b11-10+. The minimum atomic E-state index is -0.224. The van der Waals surface area contributed by atoms with Gasteiger partial charge in [-0.25, -0.2) is 0 Å². The number of anilines is 2. The molecule has 2 rings (SSSR count). The van der Waals surface area contributed by atoms with Gasteiger partial charge in [0.2, 0.25) is 11.7 Å². The van der Waals surface area contributed by atoms with Crippen molar-refractivity contribution in [1.29, 1.82) is 0 Å². The molecule has 0 aliphatic rings. The van der Waals surface area contributed by atoms with Crippen LogP contribution in [0.2, 0.25) is 0 Å². The summed E-state index contributed by atoms with van der Waals surface area (Å²) < 4.78 is 16.0. The van der Waals surface area contributed by atoms with Gasteiger partial charge in [-0.15, -0.1) is 0 Å². The Hall–Kier alpha value is -3.15. The van der Waals surface area contributed by atoms with E-state index in [9.17, 15) is 4.79 Å². The van der Waals surface area contributed by atoms with Gasteiger partial charge >= 0.3 is 0 Å². The van der Waals surface area contributed by atoms with E-state index < -0.39 is 0 Å². The molecule has 1 amide bonds. The van der Waals surface area contributed by atoms with Gasteiger partial charge in [0, 0.05) is 30.5 Å². The molecule has 0 aromatic heterocycles. The predicted octanol–water partition coefficient (Wildman–Crippen LogP) is 4.21. The van der Waals surface area contributed by atoms with Gasteiger partial charge < -0.3 is 24.4 Å². The Morgan fingerprint density at radius 1 is 1.04 bits per heavy atom. The molecule has 6 heteroatoms. The van der Waals surface area contributed by atoms with Gasteiger partial charge in [-0.2, -0.15) is 0 Å². The second-order valence-corrected chi connectivity index (χ2v) is 6.54. The van der Waals surface area contributed by atoms with Crippen LogP contribution in [0.1, 0.15) is 19.4 Å². The van der Waals surface area contributed by atoms with Crippen molar-refractivity contribution in [3.05, 3.63) is 48.0 Å². The monoisotopic (exact) mass is 384 g/mol. The van der Waals surface area contributed by atoms with Crippen LogP contribution >= 0.6 is 0 Å². The highest BCUT2D eigenvalue weighted by molar-refractivity contribution is 6.02. The molecule has 0 aliphatic heterocycles. The summed E-state index contributed by atoms with van der Waals surface area (Å²) in [6.45, 7) is 4.23. The Bertz CT molecular complexity index is 821. The zero-order valence-corrected chi connectivity index (χ0v) is 17.3. The van der Waals surface area contributed by atoms with E-state index in [1.54, 1.807) is 39.5 Å². The van der Waals surface area contributed by atoms with E-state index in [1.807, 2.05) is 31.3 Å². The SMILES string of the molecule is COc1cc(/C=C/C(=O)Nc2cccc(N(C)C(C)C)c2)cc(OC)c1OC. The molecule has 2 aromatic rings. The van der Waals surface area contributed by atoms with E-state index in [0.717, 1.165) is 16.9 Å².